The van der Waals surface area contributed by atoms with Crippen LogP contribution >= 0.6 is 23.2 Å². The van der Waals surface area contributed by atoms with Crippen LogP contribution in [-0.2, 0) is 11.3 Å². The first-order valence-corrected chi connectivity index (χ1v) is 10.3. The van der Waals surface area contributed by atoms with Gasteiger partial charge in [-0.05, 0) is 56.3 Å². The van der Waals surface area contributed by atoms with Crippen molar-refractivity contribution in [2.45, 2.75) is 19.4 Å². The van der Waals surface area contributed by atoms with Gasteiger partial charge in [-0.1, -0.05) is 40.5 Å². The molecule has 0 atom stereocenters. The quantitative estimate of drug-likeness (QED) is 0.592. The van der Waals surface area contributed by atoms with Crippen molar-refractivity contribution in [1.29, 1.82) is 0 Å². The summed E-state index contributed by atoms with van der Waals surface area (Å²) in [4.78, 5) is 19.0. The molecular weight excluding hydrogens is 430 g/mol. The smallest absolute Gasteiger partial charge is 0.241 e. The van der Waals surface area contributed by atoms with Crippen molar-refractivity contribution in [3.8, 4) is 11.4 Å². The Balaban J connectivity index is 1.31. The number of carbonyl (C=O) groups is 1. The number of aromatic nitrogens is 2. The van der Waals surface area contributed by atoms with Crippen LogP contribution in [0.4, 0.5) is 10.1 Å². The van der Waals surface area contributed by atoms with Crippen LogP contribution in [0.2, 0.25) is 10.0 Å². The molecule has 4 rings (SSSR count). The van der Waals surface area contributed by atoms with Crippen LogP contribution < -0.4 is 5.32 Å². The summed E-state index contributed by atoms with van der Waals surface area (Å²) in [6.45, 7) is 1.89. The lowest BCUT2D eigenvalue weighted by atomic mass is 9.96. The second kappa shape index (κ2) is 9.12. The van der Waals surface area contributed by atoms with E-state index in [2.05, 4.69) is 20.4 Å². The van der Waals surface area contributed by atoms with Gasteiger partial charge in [0.15, 0.2) is 0 Å². The van der Waals surface area contributed by atoms with E-state index >= 15 is 0 Å². The second-order valence-electron chi connectivity index (χ2n) is 7.16. The number of carbonyl (C=O) groups excluding carboxylic acids is 1. The van der Waals surface area contributed by atoms with Crippen molar-refractivity contribution < 1.29 is 13.7 Å². The molecule has 3 aromatic rings. The minimum absolute atomic E-state index is 0.155. The van der Waals surface area contributed by atoms with Crippen molar-refractivity contribution in [2.75, 3.05) is 18.4 Å². The molecule has 6 nitrogen and oxygen atoms in total. The molecule has 1 aliphatic heterocycles. The number of halogens is 3. The molecule has 0 radical (unpaired) electrons. The second-order valence-corrected chi connectivity index (χ2v) is 8.00. The van der Waals surface area contributed by atoms with Crippen molar-refractivity contribution in [2.24, 2.45) is 5.92 Å². The minimum atomic E-state index is -0.434. The Labute approximate surface area is 183 Å². The van der Waals surface area contributed by atoms with Crippen LogP contribution in [0.1, 0.15) is 18.7 Å². The predicted molar refractivity (Wildman–Crippen MR) is 113 cm³/mol. The first-order valence-electron chi connectivity index (χ1n) is 9.55. The third kappa shape index (κ3) is 4.80. The van der Waals surface area contributed by atoms with Crippen LogP contribution in [-0.4, -0.2) is 34.0 Å². The summed E-state index contributed by atoms with van der Waals surface area (Å²) >= 11 is 12.1. The molecule has 0 unspecified atom stereocenters. The predicted octanol–water partition coefficient (Wildman–Crippen LogP) is 5.03. The largest absolute Gasteiger partial charge is 0.338 e. The summed E-state index contributed by atoms with van der Waals surface area (Å²) in [6, 6.07) is 11.3. The number of piperidine rings is 1. The maximum atomic E-state index is 13.7. The Hall–Kier alpha value is -2.48. The molecule has 30 heavy (non-hydrogen) atoms. The number of nitrogens with one attached hydrogen (secondary N) is 1. The normalized spacial score (nSPS) is 15.3. The van der Waals surface area contributed by atoms with E-state index in [1.165, 1.54) is 6.07 Å². The molecule has 0 spiro atoms. The molecule has 0 bridgehead atoms. The van der Waals surface area contributed by atoms with Gasteiger partial charge in [0.25, 0.3) is 0 Å². The van der Waals surface area contributed by atoms with E-state index in [4.69, 9.17) is 27.7 Å². The van der Waals surface area contributed by atoms with Crippen LogP contribution in [0.15, 0.2) is 47.0 Å². The van der Waals surface area contributed by atoms with E-state index in [0.29, 0.717) is 59.8 Å². The Kier molecular flexibility index (Phi) is 6.32. The summed E-state index contributed by atoms with van der Waals surface area (Å²) in [5, 5.41) is 7.67. The fourth-order valence-electron chi connectivity index (χ4n) is 3.44. The van der Waals surface area contributed by atoms with E-state index in [9.17, 15) is 9.18 Å². The summed E-state index contributed by atoms with van der Waals surface area (Å²) < 4.78 is 19.1. The fraction of sp³-hybridized carbons (Fsp3) is 0.286. The number of anilines is 1. The molecular formula is C21H19Cl2FN4O2. The van der Waals surface area contributed by atoms with E-state index < -0.39 is 5.82 Å². The van der Waals surface area contributed by atoms with Crippen molar-refractivity contribution in [3.05, 3.63) is 64.2 Å². The lowest BCUT2D eigenvalue weighted by Crippen LogP contribution is -2.37. The Bertz CT molecular complexity index is 1050. The molecule has 1 fully saturated rings. The third-order valence-corrected chi connectivity index (χ3v) is 5.64. The number of para-hydroxylation sites is 1. The van der Waals surface area contributed by atoms with Gasteiger partial charge in [0.05, 0.1) is 17.3 Å². The topological polar surface area (TPSA) is 71.3 Å². The van der Waals surface area contributed by atoms with Crippen molar-refractivity contribution >= 4 is 34.8 Å². The number of hydrogen-bond acceptors (Lipinski definition) is 5. The number of benzene rings is 2. The molecule has 1 amide bonds. The monoisotopic (exact) mass is 448 g/mol. The van der Waals surface area contributed by atoms with E-state index in [1.807, 2.05) is 0 Å². The molecule has 0 saturated carbocycles. The Morgan fingerprint density at radius 2 is 1.97 bits per heavy atom. The SMILES string of the molecule is O=C(Nc1ccccc1F)C1CCN(Cc2nc(-c3ccc(Cl)cc3Cl)no2)CC1. The number of nitrogens with zero attached hydrogens (tertiary/aromatic N) is 3. The van der Waals surface area contributed by atoms with E-state index in [1.54, 1.807) is 36.4 Å². The molecule has 0 aliphatic carbocycles. The van der Waals surface area contributed by atoms with Crippen LogP contribution in [0.25, 0.3) is 11.4 Å². The molecule has 1 aromatic heterocycles. The lowest BCUT2D eigenvalue weighted by Gasteiger charge is -2.30. The maximum Gasteiger partial charge on any atom is 0.241 e. The lowest BCUT2D eigenvalue weighted by molar-refractivity contribution is -0.121. The van der Waals surface area contributed by atoms with Gasteiger partial charge in [0, 0.05) is 16.5 Å². The number of amides is 1. The summed E-state index contributed by atoms with van der Waals surface area (Å²) in [5.74, 6) is 0.136. The number of likely N-dealkylation sites (tertiary alicyclic amines) is 1. The standard InChI is InChI=1S/C21H19Cl2FN4O2/c22-14-5-6-15(16(23)11-14)20-26-19(30-27-20)12-28-9-7-13(8-10-28)21(29)25-18-4-2-1-3-17(18)24/h1-6,11,13H,7-10,12H2,(H,25,29). The van der Waals surface area contributed by atoms with Gasteiger partial charge in [-0.15, -0.1) is 0 Å². The first-order chi connectivity index (χ1) is 14.5. The maximum absolute atomic E-state index is 13.7. The molecule has 2 aromatic carbocycles. The van der Waals surface area contributed by atoms with Gasteiger partial charge in [-0.25, -0.2) is 4.39 Å². The molecule has 156 valence electrons. The van der Waals surface area contributed by atoms with Gasteiger partial charge in [-0.3, -0.25) is 9.69 Å². The van der Waals surface area contributed by atoms with Crippen LogP contribution in [0.3, 0.4) is 0 Å². The molecule has 2 heterocycles. The zero-order valence-electron chi connectivity index (χ0n) is 15.9. The molecule has 1 saturated heterocycles. The third-order valence-electron chi connectivity index (χ3n) is 5.09. The Morgan fingerprint density at radius 1 is 1.20 bits per heavy atom. The van der Waals surface area contributed by atoms with Gasteiger partial charge in [-0.2, -0.15) is 4.98 Å². The molecule has 1 N–H and O–H groups in total. The van der Waals surface area contributed by atoms with Gasteiger partial charge in [0.2, 0.25) is 17.6 Å². The highest BCUT2D eigenvalue weighted by atomic mass is 35.5. The zero-order valence-corrected chi connectivity index (χ0v) is 17.5. The van der Waals surface area contributed by atoms with Gasteiger partial charge in [0.1, 0.15) is 5.82 Å². The van der Waals surface area contributed by atoms with Crippen LogP contribution in [0.5, 0.6) is 0 Å². The summed E-state index contributed by atoms with van der Waals surface area (Å²) in [5.41, 5.74) is 0.865. The highest BCUT2D eigenvalue weighted by molar-refractivity contribution is 6.36. The van der Waals surface area contributed by atoms with Gasteiger partial charge < -0.3 is 9.84 Å². The highest BCUT2D eigenvalue weighted by Gasteiger charge is 2.26. The summed E-state index contributed by atoms with van der Waals surface area (Å²) in [7, 11) is 0. The van der Waals surface area contributed by atoms with E-state index in [-0.39, 0.29) is 17.5 Å². The van der Waals surface area contributed by atoms with Gasteiger partial charge >= 0.3 is 0 Å². The summed E-state index contributed by atoms with van der Waals surface area (Å²) in [6.07, 6.45) is 1.34. The van der Waals surface area contributed by atoms with Crippen molar-refractivity contribution in [1.82, 2.24) is 15.0 Å². The molecule has 9 heteroatoms. The highest BCUT2D eigenvalue weighted by Crippen LogP contribution is 2.29. The fourth-order valence-corrected chi connectivity index (χ4v) is 3.93. The average Bonchev–Trinajstić information content (AvgIpc) is 3.18. The van der Waals surface area contributed by atoms with Crippen molar-refractivity contribution in [3.63, 3.8) is 0 Å². The first kappa shape index (κ1) is 20.8. The van der Waals surface area contributed by atoms with E-state index in [0.717, 1.165) is 0 Å². The molecule has 1 aliphatic rings. The number of rotatable bonds is 5. The minimum Gasteiger partial charge on any atom is -0.338 e. The Morgan fingerprint density at radius 3 is 2.70 bits per heavy atom. The average molecular weight is 449 g/mol. The number of hydrogen-bond donors (Lipinski definition) is 1. The zero-order chi connectivity index (χ0) is 21.1. The van der Waals surface area contributed by atoms with Crippen LogP contribution in [0, 0.1) is 11.7 Å².